The zero-order valence-corrected chi connectivity index (χ0v) is 15.7. The van der Waals surface area contributed by atoms with E-state index in [1.54, 1.807) is 0 Å². The quantitative estimate of drug-likeness (QED) is 0.270. The van der Waals surface area contributed by atoms with Gasteiger partial charge in [-0.3, -0.25) is 14.3 Å². The molecule has 0 aromatic carbocycles. The van der Waals surface area contributed by atoms with Crippen molar-refractivity contribution in [3.63, 3.8) is 0 Å². The van der Waals surface area contributed by atoms with E-state index in [2.05, 4.69) is 21.3 Å². The number of aromatic amines is 1. The highest BCUT2D eigenvalue weighted by Gasteiger charge is 2.45. The van der Waals surface area contributed by atoms with Crippen LogP contribution in [0.5, 0.6) is 0 Å². The fraction of sp³-hybridized carbons (Fsp3) is 0.600. The minimum Gasteiger partial charge on any atom is -0.387 e. The summed E-state index contributed by atoms with van der Waals surface area (Å²) in [7, 11) is -1.56. The third-order valence-electron chi connectivity index (χ3n) is 3.12. The Morgan fingerprint density at radius 3 is 2.46 bits per heavy atom. The van der Waals surface area contributed by atoms with Gasteiger partial charge in [0.2, 0.25) is 0 Å². The molecule has 26 heavy (non-hydrogen) atoms. The number of aromatic nitrogens is 2. The van der Waals surface area contributed by atoms with E-state index in [0.29, 0.717) is 0 Å². The highest BCUT2D eigenvalue weighted by Crippen LogP contribution is 2.39. The summed E-state index contributed by atoms with van der Waals surface area (Å²) < 4.78 is 25.0. The standard InChI is InChI=1S/C10H15N2O8PS.HO3P/c1-18-8-7(14)5(4-19-21(16,17)22)20-9(8)12-3-2-6(13)11-10(12)15;1-4(2)3/h2-3,5,7-9,14H,4H2,1H3,(H,11,13,15)(H2,16,17,22);(H-,1,2,3)/p+1/t5-,7-,8-,9-;/m1./s1. The van der Waals surface area contributed by atoms with Crippen molar-refractivity contribution in [2.45, 2.75) is 24.5 Å². The van der Waals surface area contributed by atoms with Crippen LogP contribution in [-0.4, -0.2) is 66.3 Å². The van der Waals surface area contributed by atoms with E-state index in [9.17, 15) is 14.7 Å². The molecule has 0 radical (unpaired) electrons. The van der Waals surface area contributed by atoms with Crippen molar-refractivity contribution in [1.29, 1.82) is 0 Å². The van der Waals surface area contributed by atoms with Crippen molar-refractivity contribution in [1.82, 2.24) is 9.55 Å². The number of aliphatic hydroxyl groups excluding tert-OH is 1. The summed E-state index contributed by atoms with van der Waals surface area (Å²) in [5.41, 5.74) is -1.31. The molecule has 1 aliphatic heterocycles. The second kappa shape index (κ2) is 9.88. The van der Waals surface area contributed by atoms with E-state index < -0.39 is 50.8 Å². The summed E-state index contributed by atoms with van der Waals surface area (Å²) in [5.74, 6) is 0. The average Bonchev–Trinajstić information content (AvgIpc) is 2.80. The van der Waals surface area contributed by atoms with Crippen molar-refractivity contribution in [2.24, 2.45) is 0 Å². The van der Waals surface area contributed by atoms with E-state index in [1.807, 2.05) is 0 Å². The summed E-state index contributed by atoms with van der Waals surface area (Å²) in [5, 5.41) is 10.1. The lowest BCUT2D eigenvalue weighted by atomic mass is 10.1. The maximum atomic E-state index is 11.8. The Hall–Kier alpha value is -0.890. The number of rotatable bonds is 5. The van der Waals surface area contributed by atoms with Crippen molar-refractivity contribution in [3.05, 3.63) is 33.1 Å². The van der Waals surface area contributed by atoms with Crippen molar-refractivity contribution >= 4 is 26.8 Å². The second-order valence-corrected chi connectivity index (χ2v) is 7.98. The normalized spacial score (nSPS) is 25.5. The fourth-order valence-electron chi connectivity index (χ4n) is 2.13. The number of nitrogens with zero attached hydrogens (tertiary/aromatic N) is 1. The molecule has 1 aliphatic rings. The molecule has 0 bridgehead atoms. The number of ether oxygens (including phenoxy) is 2. The number of methoxy groups -OCH3 is 1. The Bertz CT molecular complexity index is 773. The maximum Gasteiger partial charge on any atom is 0.692 e. The van der Waals surface area contributed by atoms with Gasteiger partial charge in [-0.25, -0.2) is 4.79 Å². The van der Waals surface area contributed by atoms with Gasteiger partial charge in [-0.1, -0.05) is 0 Å². The number of aliphatic hydroxyl groups is 1. The van der Waals surface area contributed by atoms with Crippen LogP contribution in [-0.2, 0) is 30.4 Å². The van der Waals surface area contributed by atoms with Crippen LogP contribution in [0.4, 0.5) is 0 Å². The van der Waals surface area contributed by atoms with E-state index in [4.69, 9.17) is 33.6 Å². The molecular weight excluding hydrogens is 418 g/mol. The molecule has 0 aliphatic carbocycles. The number of H-pyrrole nitrogens is 1. The van der Waals surface area contributed by atoms with Crippen molar-refractivity contribution in [2.75, 3.05) is 13.7 Å². The van der Waals surface area contributed by atoms with Crippen LogP contribution < -0.4 is 11.2 Å². The molecule has 0 saturated carbocycles. The van der Waals surface area contributed by atoms with Gasteiger partial charge in [0.15, 0.2) is 6.23 Å². The second-order valence-electron chi connectivity index (χ2n) is 4.81. The third kappa shape index (κ3) is 7.02. The smallest absolute Gasteiger partial charge is 0.387 e. The lowest BCUT2D eigenvalue weighted by molar-refractivity contribution is -0.0610. The van der Waals surface area contributed by atoms with Crippen LogP contribution in [0.3, 0.4) is 0 Å². The Labute approximate surface area is 151 Å². The first-order valence-electron chi connectivity index (χ1n) is 6.69. The third-order valence-corrected chi connectivity index (χ3v) is 3.92. The molecule has 148 valence electrons. The first kappa shape index (κ1) is 23.1. The Balaban J connectivity index is 0.000000765. The fourth-order valence-corrected chi connectivity index (χ4v) is 2.66. The zero-order chi connectivity index (χ0) is 20.1. The highest BCUT2D eigenvalue weighted by molar-refractivity contribution is 8.06. The minimum absolute atomic E-state index is 0.389. The molecule has 6 N–H and O–H groups in total. The molecular formula is C10H17N2O11P2S+. The molecule has 2 rings (SSSR count). The van der Waals surface area contributed by atoms with Crippen LogP contribution in [0.15, 0.2) is 21.9 Å². The molecule has 1 aromatic rings. The van der Waals surface area contributed by atoms with Crippen LogP contribution in [0, 0.1) is 0 Å². The Kier molecular flexibility index (Phi) is 8.79. The summed E-state index contributed by atoms with van der Waals surface area (Å²) in [6, 6.07) is 1.12. The summed E-state index contributed by atoms with van der Waals surface area (Å²) >= 11 is 4.31. The average molecular weight is 435 g/mol. The number of nitrogens with one attached hydrogen (secondary N) is 1. The van der Waals surface area contributed by atoms with Gasteiger partial charge >= 0.3 is 20.7 Å². The Morgan fingerprint density at radius 1 is 1.42 bits per heavy atom. The van der Waals surface area contributed by atoms with Gasteiger partial charge < -0.3 is 28.9 Å². The predicted octanol–water partition coefficient (Wildman–Crippen LogP) is -2.34. The van der Waals surface area contributed by atoms with E-state index in [0.717, 1.165) is 10.6 Å². The van der Waals surface area contributed by atoms with Gasteiger partial charge in [0.05, 0.1) is 6.61 Å². The molecule has 0 amide bonds. The first-order chi connectivity index (χ1) is 12.0. The molecule has 16 heteroatoms. The van der Waals surface area contributed by atoms with Crippen LogP contribution in [0.2, 0.25) is 0 Å². The molecule has 0 unspecified atom stereocenters. The van der Waals surface area contributed by atoms with Gasteiger partial charge in [0.1, 0.15) is 18.3 Å². The molecule has 2 heterocycles. The Morgan fingerprint density at radius 2 is 2.00 bits per heavy atom. The van der Waals surface area contributed by atoms with E-state index in [1.165, 1.54) is 13.3 Å². The van der Waals surface area contributed by atoms with E-state index >= 15 is 0 Å². The lowest BCUT2D eigenvalue weighted by Gasteiger charge is -2.19. The maximum absolute atomic E-state index is 11.8. The van der Waals surface area contributed by atoms with Gasteiger partial charge in [-0.2, -0.15) is 0 Å². The number of hydrogen-bond donors (Lipinski definition) is 6. The molecule has 1 aromatic heterocycles. The predicted molar refractivity (Wildman–Crippen MR) is 88.8 cm³/mol. The van der Waals surface area contributed by atoms with Crippen LogP contribution in [0.25, 0.3) is 0 Å². The monoisotopic (exact) mass is 435 g/mol. The first-order valence-corrected chi connectivity index (χ1v) is 10.5. The summed E-state index contributed by atoms with van der Waals surface area (Å²) in [6.07, 6.45) is -2.93. The SMILES string of the molecule is CO[C@@H]1[C@H](O)[C@@H](COP(O)(O)=S)O[C@H]1n1ccc(=O)[nH]c1=O.O=[P+](O)O. The van der Waals surface area contributed by atoms with Gasteiger partial charge in [-0.05, 0) is 11.8 Å². The topological polar surface area (TPSA) is 201 Å². The molecule has 0 spiro atoms. The summed E-state index contributed by atoms with van der Waals surface area (Å²) in [4.78, 5) is 57.2. The molecule has 1 saturated heterocycles. The minimum atomic E-state index is -3.90. The molecule has 1 fully saturated rings. The van der Waals surface area contributed by atoms with Crippen molar-refractivity contribution < 1.29 is 43.2 Å². The number of hydrogen-bond acceptors (Lipinski definition) is 8. The molecule has 13 nitrogen and oxygen atoms in total. The highest BCUT2D eigenvalue weighted by atomic mass is 32.5. The van der Waals surface area contributed by atoms with Gasteiger partial charge in [0, 0.05) is 23.9 Å². The lowest BCUT2D eigenvalue weighted by Crippen LogP contribution is -2.38. The van der Waals surface area contributed by atoms with Gasteiger partial charge in [0.25, 0.3) is 5.56 Å². The largest absolute Gasteiger partial charge is 0.692 e. The van der Waals surface area contributed by atoms with Crippen LogP contribution >= 0.6 is 15.0 Å². The van der Waals surface area contributed by atoms with Crippen molar-refractivity contribution in [3.8, 4) is 0 Å². The van der Waals surface area contributed by atoms with Gasteiger partial charge in [-0.15, -0.1) is 9.79 Å². The summed E-state index contributed by atoms with van der Waals surface area (Å²) in [6.45, 7) is -4.28. The van der Waals surface area contributed by atoms with Crippen LogP contribution in [0.1, 0.15) is 6.23 Å². The molecule has 4 atom stereocenters. The van der Waals surface area contributed by atoms with E-state index in [-0.39, 0.29) is 6.61 Å². The zero-order valence-electron chi connectivity index (χ0n) is 13.1.